The molecule has 1 atom stereocenters. The predicted molar refractivity (Wildman–Crippen MR) is 70.9 cm³/mol. The number of phenolic OH excluding ortho intramolecular Hbond substituents is 1. The summed E-state index contributed by atoms with van der Waals surface area (Å²) in [5, 5.41) is 11.9. The molecule has 0 aliphatic carbocycles. The molecule has 0 heterocycles. The van der Waals surface area contributed by atoms with Crippen molar-refractivity contribution >= 4 is 11.8 Å². The lowest BCUT2D eigenvalue weighted by atomic mass is 10.1. The van der Waals surface area contributed by atoms with E-state index in [0.29, 0.717) is 0 Å². The molecular weight excluding hydrogens is 289 g/mol. The van der Waals surface area contributed by atoms with Crippen molar-refractivity contribution in [1.29, 1.82) is 0 Å². The molecule has 4 N–H and O–H groups in total. The van der Waals surface area contributed by atoms with Crippen molar-refractivity contribution in [1.82, 2.24) is 0 Å². The van der Waals surface area contributed by atoms with E-state index in [1.807, 2.05) is 0 Å². The Morgan fingerprint density at radius 2 is 1.90 bits per heavy atom. The molecule has 0 saturated heterocycles. The number of nitrogens with one attached hydrogen (secondary N) is 1. The van der Waals surface area contributed by atoms with Gasteiger partial charge in [0.05, 0.1) is 5.69 Å². The lowest BCUT2D eigenvalue weighted by Gasteiger charge is -2.20. The van der Waals surface area contributed by atoms with E-state index in [-0.39, 0.29) is 11.3 Å². The maximum atomic E-state index is 12.5. The zero-order valence-electron chi connectivity index (χ0n) is 11.8. The number of carbonyl (C=O) groups excluding carboxylic acids is 1. The molecule has 0 spiro atoms. The summed E-state index contributed by atoms with van der Waals surface area (Å²) in [6, 6.07) is 0.842. The summed E-state index contributed by atoms with van der Waals surface area (Å²) in [5.41, 5.74) is 3.91. The highest BCUT2D eigenvalue weighted by molar-refractivity contribution is 5.86. The molecule has 1 unspecified atom stereocenters. The number of halogens is 3. The fourth-order valence-corrected chi connectivity index (χ4v) is 1.45. The monoisotopic (exact) mass is 306 g/mol. The first-order chi connectivity index (χ1) is 9.40. The average Bonchev–Trinajstić information content (AvgIpc) is 2.27. The summed E-state index contributed by atoms with van der Waals surface area (Å²) in [4.78, 5) is 11.5. The smallest absolute Gasteiger partial charge is 0.412 e. The predicted octanol–water partition coefficient (Wildman–Crippen LogP) is 3.30. The van der Waals surface area contributed by atoms with Crippen LogP contribution in [0.2, 0.25) is 0 Å². The fraction of sp³-hybridized carbons (Fsp3) is 0.462. The maximum absolute atomic E-state index is 12.5. The summed E-state index contributed by atoms with van der Waals surface area (Å²) in [7, 11) is 0. The summed E-state index contributed by atoms with van der Waals surface area (Å²) >= 11 is 0. The largest absolute Gasteiger partial charge is 0.506 e. The number of amides is 1. The van der Waals surface area contributed by atoms with Gasteiger partial charge in [0.2, 0.25) is 0 Å². The molecule has 0 aromatic heterocycles. The van der Waals surface area contributed by atoms with Gasteiger partial charge in [-0.15, -0.1) is 0 Å². The number of aromatic hydroxyl groups is 1. The van der Waals surface area contributed by atoms with Gasteiger partial charge in [0.25, 0.3) is 0 Å². The Morgan fingerprint density at radius 1 is 1.33 bits per heavy atom. The molecule has 0 saturated carbocycles. The number of rotatable bonds is 2. The SMILES string of the molecule is CC(C)(C)OC(=O)Nc1ccc(C(N)C(F)(F)F)cc1O. The van der Waals surface area contributed by atoms with E-state index in [2.05, 4.69) is 5.32 Å². The van der Waals surface area contributed by atoms with E-state index in [4.69, 9.17) is 10.5 Å². The van der Waals surface area contributed by atoms with Crippen molar-refractivity contribution < 1.29 is 27.8 Å². The van der Waals surface area contributed by atoms with Gasteiger partial charge in [0.1, 0.15) is 17.4 Å². The van der Waals surface area contributed by atoms with Gasteiger partial charge in [-0.1, -0.05) is 6.07 Å². The standard InChI is InChI=1S/C13H17F3N2O3/c1-12(2,3)21-11(20)18-8-5-4-7(6-9(8)19)10(17)13(14,15)16/h4-6,10,19H,17H2,1-3H3,(H,18,20). The van der Waals surface area contributed by atoms with Crippen molar-refractivity contribution in [2.45, 2.75) is 38.6 Å². The molecule has 5 nitrogen and oxygen atoms in total. The number of benzene rings is 1. The van der Waals surface area contributed by atoms with Crippen molar-refractivity contribution in [3.8, 4) is 5.75 Å². The van der Waals surface area contributed by atoms with Crippen molar-refractivity contribution in [3.63, 3.8) is 0 Å². The van der Waals surface area contributed by atoms with Gasteiger partial charge < -0.3 is 15.6 Å². The van der Waals surface area contributed by atoms with Crippen molar-refractivity contribution in [2.75, 3.05) is 5.32 Å². The first kappa shape index (κ1) is 17.1. The number of nitrogens with two attached hydrogens (primary N) is 1. The Bertz CT molecular complexity index is 524. The normalized spacial score (nSPS) is 13.7. The Hall–Kier alpha value is -1.96. The number of hydrogen-bond donors (Lipinski definition) is 3. The van der Waals surface area contributed by atoms with E-state index in [1.165, 1.54) is 0 Å². The summed E-state index contributed by atoms with van der Waals surface area (Å²) in [5.74, 6) is -0.530. The molecule has 8 heteroatoms. The lowest BCUT2D eigenvalue weighted by Crippen LogP contribution is -2.28. The van der Waals surface area contributed by atoms with Crippen LogP contribution in [0, 0.1) is 0 Å². The first-order valence-electron chi connectivity index (χ1n) is 6.05. The number of anilines is 1. The van der Waals surface area contributed by atoms with Gasteiger partial charge in [-0.25, -0.2) is 4.79 Å². The Kier molecular flexibility index (Phi) is 4.72. The second-order valence-corrected chi connectivity index (χ2v) is 5.42. The summed E-state index contributed by atoms with van der Waals surface area (Å²) in [6.45, 7) is 4.95. The molecular formula is C13H17F3N2O3. The van der Waals surface area contributed by atoms with Gasteiger partial charge >= 0.3 is 12.3 Å². The molecule has 0 aliphatic heterocycles. The molecule has 0 aliphatic rings. The van der Waals surface area contributed by atoms with Crippen LogP contribution in [-0.2, 0) is 4.74 Å². The third kappa shape index (κ3) is 5.14. The molecule has 0 bridgehead atoms. The number of ether oxygens (including phenoxy) is 1. The van der Waals surface area contributed by atoms with E-state index < -0.39 is 29.7 Å². The van der Waals surface area contributed by atoms with Crippen LogP contribution in [0.15, 0.2) is 18.2 Å². The fourth-order valence-electron chi connectivity index (χ4n) is 1.45. The van der Waals surface area contributed by atoms with E-state index in [9.17, 15) is 23.1 Å². The molecule has 21 heavy (non-hydrogen) atoms. The number of alkyl halides is 3. The van der Waals surface area contributed by atoms with Crippen LogP contribution < -0.4 is 11.1 Å². The second kappa shape index (κ2) is 5.80. The minimum Gasteiger partial charge on any atom is -0.506 e. The zero-order valence-corrected chi connectivity index (χ0v) is 11.8. The van der Waals surface area contributed by atoms with Crippen LogP contribution in [0.4, 0.5) is 23.7 Å². The third-order valence-corrected chi connectivity index (χ3v) is 2.37. The van der Waals surface area contributed by atoms with Crippen LogP contribution in [0.25, 0.3) is 0 Å². The number of carbonyl (C=O) groups is 1. The average molecular weight is 306 g/mol. The molecule has 1 aromatic carbocycles. The molecule has 0 radical (unpaired) electrons. The van der Waals surface area contributed by atoms with Crippen molar-refractivity contribution in [3.05, 3.63) is 23.8 Å². The highest BCUT2D eigenvalue weighted by atomic mass is 19.4. The maximum Gasteiger partial charge on any atom is 0.412 e. The van der Waals surface area contributed by atoms with E-state index >= 15 is 0 Å². The highest BCUT2D eigenvalue weighted by Crippen LogP contribution is 2.34. The molecule has 1 amide bonds. The molecule has 0 fully saturated rings. The van der Waals surface area contributed by atoms with Crippen LogP contribution in [0.5, 0.6) is 5.75 Å². The van der Waals surface area contributed by atoms with Gasteiger partial charge in [0.15, 0.2) is 0 Å². The summed E-state index contributed by atoms with van der Waals surface area (Å²) < 4.78 is 42.4. The van der Waals surface area contributed by atoms with E-state index in [1.54, 1.807) is 20.8 Å². The van der Waals surface area contributed by atoms with E-state index in [0.717, 1.165) is 18.2 Å². The Balaban J connectivity index is 2.87. The third-order valence-electron chi connectivity index (χ3n) is 2.37. The minimum absolute atomic E-state index is 0.0672. The Morgan fingerprint density at radius 3 is 2.33 bits per heavy atom. The topological polar surface area (TPSA) is 84.6 Å². The van der Waals surface area contributed by atoms with Crippen LogP contribution >= 0.6 is 0 Å². The van der Waals surface area contributed by atoms with Gasteiger partial charge in [-0.3, -0.25) is 5.32 Å². The first-order valence-corrected chi connectivity index (χ1v) is 6.05. The number of phenols is 1. The number of hydrogen-bond acceptors (Lipinski definition) is 4. The zero-order chi connectivity index (χ0) is 16.4. The quantitative estimate of drug-likeness (QED) is 0.732. The molecule has 1 rings (SSSR count). The van der Waals surface area contributed by atoms with Gasteiger partial charge in [-0.2, -0.15) is 13.2 Å². The molecule has 1 aromatic rings. The highest BCUT2D eigenvalue weighted by Gasteiger charge is 2.38. The lowest BCUT2D eigenvalue weighted by molar-refractivity contribution is -0.149. The minimum atomic E-state index is -4.62. The van der Waals surface area contributed by atoms with Crippen LogP contribution in [0.3, 0.4) is 0 Å². The van der Waals surface area contributed by atoms with Crippen LogP contribution in [-0.4, -0.2) is 23.0 Å². The van der Waals surface area contributed by atoms with Crippen molar-refractivity contribution in [2.24, 2.45) is 5.73 Å². The van der Waals surface area contributed by atoms with Gasteiger partial charge in [0, 0.05) is 0 Å². The molecule has 118 valence electrons. The van der Waals surface area contributed by atoms with Crippen LogP contribution in [0.1, 0.15) is 32.4 Å². The summed E-state index contributed by atoms with van der Waals surface area (Å²) in [6.07, 6.45) is -5.45. The Labute approximate surface area is 119 Å². The second-order valence-electron chi connectivity index (χ2n) is 5.42. The van der Waals surface area contributed by atoms with Gasteiger partial charge in [-0.05, 0) is 38.5 Å².